The number of allylic oxidation sites excluding steroid dienone is 2. The quantitative estimate of drug-likeness (QED) is 0.0132. The Morgan fingerprint density at radius 3 is 2.13 bits per heavy atom. The number of phosphoric ester groups is 1. The maximum Gasteiger partial charge on any atom is 0.472 e. The van der Waals surface area contributed by atoms with E-state index < -0.39 is 37.4 Å². The van der Waals surface area contributed by atoms with Gasteiger partial charge in [0, 0.05) is 25.5 Å². The predicted octanol–water partition coefficient (Wildman–Crippen LogP) is 8.44. The number of rotatable bonds is 33. The van der Waals surface area contributed by atoms with Crippen molar-refractivity contribution < 1.29 is 51.6 Å². The number of ether oxygens (including phenoxy) is 2. The van der Waals surface area contributed by atoms with Crippen LogP contribution in [0.3, 0.4) is 0 Å². The number of carbonyl (C=O) groups excluding carboxylic acids is 2. The van der Waals surface area contributed by atoms with E-state index in [0.29, 0.717) is 48.9 Å². The van der Waals surface area contributed by atoms with E-state index in [4.69, 9.17) is 18.5 Å². The van der Waals surface area contributed by atoms with Crippen LogP contribution in [0.15, 0.2) is 28.9 Å². The molecule has 0 aliphatic carbocycles. The molecular weight excluding hydrogens is 733 g/mol. The average Bonchev–Trinajstić information content (AvgIpc) is 3.62. The number of fused-ring (bicyclic) bond motifs is 1. The zero-order valence-corrected chi connectivity index (χ0v) is 34.3. The van der Waals surface area contributed by atoms with E-state index in [-0.39, 0.29) is 42.8 Å². The van der Waals surface area contributed by atoms with Crippen LogP contribution in [-0.4, -0.2) is 96.7 Å². The molecule has 17 heteroatoms. The molecule has 312 valence electrons. The number of anilines is 1. The number of phosphoric acid groups is 1. The highest BCUT2D eigenvalue weighted by Crippen LogP contribution is 2.43. The third-order valence-corrected chi connectivity index (χ3v) is 9.76. The standard InChI is InChI=1S/C38H64N5O11P/c1-5-6-7-8-9-10-11-12-13-14-15-16-17-18-20-23-35(44)50-30-32(31-52-55(48,49)51-29-28-43(2,3)4)53-36(45)24-21-19-22-27-39-33-25-26-34(42(46)47)38-37(33)40-54-41-38/h12-13,25-26,32H,5-11,14-24,27-31H2,1-4H3,(H-,39,41,48,49)/p+1/b13-12+. The number of benzene rings is 1. The van der Waals surface area contributed by atoms with Gasteiger partial charge in [0.1, 0.15) is 19.8 Å². The number of quaternary nitrogens is 1. The van der Waals surface area contributed by atoms with E-state index in [2.05, 4.69) is 39.3 Å². The number of nitrogens with one attached hydrogen (secondary N) is 1. The number of non-ortho nitro benzene ring substituents is 1. The first kappa shape index (κ1) is 47.7. The fraction of sp³-hybridized carbons (Fsp3) is 0.737. The van der Waals surface area contributed by atoms with Gasteiger partial charge < -0.3 is 24.2 Å². The van der Waals surface area contributed by atoms with Crippen LogP contribution in [0.4, 0.5) is 11.4 Å². The minimum absolute atomic E-state index is 0.0217. The van der Waals surface area contributed by atoms with Crippen molar-refractivity contribution in [3.8, 4) is 0 Å². The Labute approximate surface area is 326 Å². The number of carbonyl (C=O) groups is 2. The highest BCUT2D eigenvalue weighted by atomic mass is 31.2. The first-order valence-corrected chi connectivity index (χ1v) is 21.4. The maximum absolute atomic E-state index is 12.7. The molecule has 1 heterocycles. The Morgan fingerprint density at radius 1 is 0.873 bits per heavy atom. The molecule has 2 rings (SSSR count). The number of esters is 2. The highest BCUT2D eigenvalue weighted by Gasteiger charge is 2.27. The lowest BCUT2D eigenvalue weighted by molar-refractivity contribution is -0.870. The summed E-state index contributed by atoms with van der Waals surface area (Å²) in [7, 11) is 1.29. The number of hydrogen-bond donors (Lipinski definition) is 2. The topological polar surface area (TPSA) is 202 Å². The van der Waals surface area contributed by atoms with Crippen LogP contribution in [-0.2, 0) is 32.7 Å². The predicted molar refractivity (Wildman–Crippen MR) is 210 cm³/mol. The van der Waals surface area contributed by atoms with Gasteiger partial charge in [-0.1, -0.05) is 76.9 Å². The molecule has 0 saturated heterocycles. The number of nitro groups is 1. The second-order valence-corrected chi connectivity index (χ2v) is 16.3. The second kappa shape index (κ2) is 27.2. The molecule has 16 nitrogen and oxygen atoms in total. The molecule has 0 spiro atoms. The fourth-order valence-electron chi connectivity index (χ4n) is 5.54. The molecular formula is C38H65N5O11P+. The lowest BCUT2D eigenvalue weighted by Gasteiger charge is -2.24. The highest BCUT2D eigenvalue weighted by molar-refractivity contribution is 7.47. The summed E-state index contributed by atoms with van der Waals surface area (Å²) in [5.41, 5.74) is 0.647. The molecule has 0 aliphatic heterocycles. The van der Waals surface area contributed by atoms with E-state index in [0.717, 1.165) is 38.5 Å². The van der Waals surface area contributed by atoms with Gasteiger partial charge in [-0.15, -0.1) is 0 Å². The zero-order valence-electron chi connectivity index (χ0n) is 33.4. The van der Waals surface area contributed by atoms with Gasteiger partial charge in [-0.25, -0.2) is 9.19 Å². The number of aromatic nitrogens is 2. The lowest BCUT2D eigenvalue weighted by atomic mass is 10.1. The molecule has 0 aliphatic rings. The molecule has 0 fully saturated rings. The summed E-state index contributed by atoms with van der Waals surface area (Å²) >= 11 is 0. The molecule has 2 N–H and O–H groups in total. The molecule has 0 radical (unpaired) electrons. The van der Waals surface area contributed by atoms with Crippen molar-refractivity contribution in [1.29, 1.82) is 0 Å². The molecule has 2 atom stereocenters. The number of nitrogens with zero attached hydrogens (tertiary/aromatic N) is 4. The van der Waals surface area contributed by atoms with E-state index in [9.17, 15) is 29.2 Å². The van der Waals surface area contributed by atoms with Crippen molar-refractivity contribution in [3.63, 3.8) is 0 Å². The normalized spacial score (nSPS) is 13.5. The molecule has 0 amide bonds. The van der Waals surface area contributed by atoms with Crippen molar-refractivity contribution >= 4 is 42.2 Å². The fourth-order valence-corrected chi connectivity index (χ4v) is 6.28. The van der Waals surface area contributed by atoms with Crippen molar-refractivity contribution in [1.82, 2.24) is 10.3 Å². The van der Waals surface area contributed by atoms with Gasteiger partial charge in [-0.3, -0.25) is 28.8 Å². The summed E-state index contributed by atoms with van der Waals surface area (Å²) in [6.45, 7) is 2.36. The summed E-state index contributed by atoms with van der Waals surface area (Å²) in [5.74, 6) is -1.01. The van der Waals surface area contributed by atoms with Crippen LogP contribution < -0.4 is 5.32 Å². The Morgan fingerprint density at radius 2 is 1.47 bits per heavy atom. The number of hydrogen-bond acceptors (Lipinski definition) is 13. The molecule has 2 aromatic rings. The smallest absolute Gasteiger partial charge is 0.462 e. The number of nitro benzene ring substituents is 1. The molecule has 1 aromatic carbocycles. The Balaban J connectivity index is 1.70. The molecule has 0 bridgehead atoms. The first-order valence-electron chi connectivity index (χ1n) is 19.9. The van der Waals surface area contributed by atoms with Crippen LogP contribution in [0.2, 0.25) is 0 Å². The lowest BCUT2D eigenvalue weighted by Crippen LogP contribution is -2.37. The van der Waals surface area contributed by atoms with Crippen LogP contribution in [0.25, 0.3) is 11.0 Å². The molecule has 1 aromatic heterocycles. The van der Waals surface area contributed by atoms with Crippen LogP contribution >= 0.6 is 7.82 Å². The van der Waals surface area contributed by atoms with Crippen molar-refractivity contribution in [2.75, 3.05) is 59.4 Å². The van der Waals surface area contributed by atoms with Gasteiger partial charge in [0.2, 0.25) is 5.52 Å². The summed E-state index contributed by atoms with van der Waals surface area (Å²) in [6.07, 6.45) is 20.5. The first-order chi connectivity index (χ1) is 26.3. The second-order valence-electron chi connectivity index (χ2n) is 14.8. The Kier molecular flexibility index (Phi) is 23.6. The Bertz CT molecular complexity index is 1480. The Hall–Kier alpha value is -3.43. The van der Waals surface area contributed by atoms with Gasteiger partial charge >= 0.3 is 25.4 Å². The zero-order chi connectivity index (χ0) is 40.4. The van der Waals surface area contributed by atoms with Gasteiger partial charge in [-0.2, -0.15) is 0 Å². The maximum atomic E-state index is 12.7. The monoisotopic (exact) mass is 798 g/mol. The minimum atomic E-state index is -4.45. The summed E-state index contributed by atoms with van der Waals surface area (Å²) < 4.78 is 38.7. The van der Waals surface area contributed by atoms with Crippen LogP contribution in [0, 0.1) is 10.1 Å². The van der Waals surface area contributed by atoms with Crippen molar-refractivity contribution in [3.05, 3.63) is 34.4 Å². The summed E-state index contributed by atoms with van der Waals surface area (Å²) in [6, 6.07) is 2.87. The van der Waals surface area contributed by atoms with E-state index in [1.165, 1.54) is 50.7 Å². The third-order valence-electron chi connectivity index (χ3n) is 8.78. The summed E-state index contributed by atoms with van der Waals surface area (Å²) in [5, 5.41) is 21.7. The van der Waals surface area contributed by atoms with E-state index in [1.807, 2.05) is 21.1 Å². The third kappa shape index (κ3) is 22.7. The SMILES string of the molecule is CCCCCCCC/C=C/CCCCCCCC(=O)OCC(COP(=O)(O)OCC[N+](C)(C)C)OC(=O)CCCCCNc1ccc([N+](=O)[O-])c2nonc12. The van der Waals surface area contributed by atoms with Gasteiger partial charge in [-0.05, 0) is 61.3 Å². The van der Waals surface area contributed by atoms with E-state index >= 15 is 0 Å². The van der Waals surface area contributed by atoms with E-state index in [1.54, 1.807) is 0 Å². The minimum Gasteiger partial charge on any atom is -0.462 e. The van der Waals surface area contributed by atoms with Gasteiger partial charge in [0.15, 0.2) is 11.6 Å². The van der Waals surface area contributed by atoms with Crippen molar-refractivity contribution in [2.45, 2.75) is 129 Å². The molecule has 0 saturated carbocycles. The molecule has 55 heavy (non-hydrogen) atoms. The molecule has 2 unspecified atom stereocenters. The average molecular weight is 799 g/mol. The van der Waals surface area contributed by atoms with Gasteiger partial charge in [0.25, 0.3) is 0 Å². The van der Waals surface area contributed by atoms with Crippen LogP contribution in [0.1, 0.15) is 122 Å². The van der Waals surface area contributed by atoms with Crippen molar-refractivity contribution in [2.24, 2.45) is 0 Å². The van der Waals surface area contributed by atoms with Crippen LogP contribution in [0.5, 0.6) is 0 Å². The number of unbranched alkanes of at least 4 members (excludes halogenated alkanes) is 13. The van der Waals surface area contributed by atoms with Gasteiger partial charge in [0.05, 0.1) is 38.4 Å². The largest absolute Gasteiger partial charge is 0.472 e. The number of likely N-dealkylation sites (N-methyl/N-ethyl adjacent to an activating group) is 1. The summed E-state index contributed by atoms with van der Waals surface area (Å²) in [4.78, 5) is 46.0.